The zero-order valence-electron chi connectivity index (χ0n) is 29.2. The topological polar surface area (TPSA) is 199 Å². The minimum Gasteiger partial charge on any atom is -0.505 e. The number of aryl methyl sites for hydroxylation is 2. The summed E-state index contributed by atoms with van der Waals surface area (Å²) in [5.74, 6) is -1.14. The zero-order chi connectivity index (χ0) is 39.1. The van der Waals surface area contributed by atoms with Crippen molar-refractivity contribution in [2.24, 2.45) is 20.5 Å². The van der Waals surface area contributed by atoms with Gasteiger partial charge in [0.1, 0.15) is 21.2 Å². The van der Waals surface area contributed by atoms with E-state index in [2.05, 4.69) is 20.5 Å². The van der Waals surface area contributed by atoms with E-state index in [-0.39, 0.29) is 17.3 Å². The molecule has 7 rings (SSSR count). The van der Waals surface area contributed by atoms with Gasteiger partial charge in [0.05, 0.1) is 11.4 Å². The predicted octanol–water partition coefficient (Wildman–Crippen LogP) is 10.5. The van der Waals surface area contributed by atoms with Gasteiger partial charge in [-0.3, -0.25) is 9.11 Å². The SMILES string of the molecule is Cc1cc(C(c2ccccc2)c2ccc(N=Nc3c(S(=O)(=O)O)cc4ccccc4c3O)c(C)c2)ccc1N=Nc1c(S(=O)(=O)O)cc2ccccc2c1O. The van der Waals surface area contributed by atoms with E-state index < -0.39 is 41.5 Å². The highest BCUT2D eigenvalue weighted by molar-refractivity contribution is 7.86. The molecule has 0 saturated heterocycles. The van der Waals surface area contributed by atoms with Crippen LogP contribution in [-0.4, -0.2) is 36.2 Å². The number of rotatable bonds is 9. The fourth-order valence-electron chi connectivity index (χ4n) is 6.54. The maximum atomic E-state index is 12.3. The van der Waals surface area contributed by atoms with Gasteiger partial charge in [0.15, 0.2) is 11.5 Å². The number of phenolic OH excluding ortho intramolecular Hbond substituents is 2. The zero-order valence-corrected chi connectivity index (χ0v) is 30.9. The second kappa shape index (κ2) is 14.5. The molecule has 0 radical (unpaired) electrons. The molecule has 0 atom stereocenters. The Morgan fingerprint density at radius 3 is 1.27 bits per heavy atom. The lowest BCUT2D eigenvalue weighted by atomic mass is 9.84. The van der Waals surface area contributed by atoms with Crippen molar-refractivity contribution >= 4 is 64.5 Å². The van der Waals surface area contributed by atoms with Crippen LogP contribution in [0.4, 0.5) is 22.7 Å². The van der Waals surface area contributed by atoms with Gasteiger partial charge in [-0.25, -0.2) is 0 Å². The summed E-state index contributed by atoms with van der Waals surface area (Å²) in [6.07, 6.45) is 0. The number of hydrogen-bond acceptors (Lipinski definition) is 10. The van der Waals surface area contributed by atoms with Crippen LogP contribution in [0.5, 0.6) is 11.5 Å². The molecule has 0 bridgehead atoms. The third-order valence-corrected chi connectivity index (χ3v) is 11.0. The Bertz CT molecular complexity index is 2750. The molecule has 0 fully saturated rings. The first-order valence-corrected chi connectivity index (χ1v) is 19.6. The molecule has 12 nitrogen and oxygen atoms in total. The van der Waals surface area contributed by atoms with Gasteiger partial charge in [-0.05, 0) is 76.7 Å². The number of benzene rings is 7. The average molecular weight is 773 g/mol. The molecular weight excluding hydrogens is 741 g/mol. The van der Waals surface area contributed by atoms with E-state index in [4.69, 9.17) is 0 Å². The van der Waals surface area contributed by atoms with Crippen LogP contribution in [-0.2, 0) is 20.2 Å². The first-order chi connectivity index (χ1) is 26.2. The smallest absolute Gasteiger partial charge is 0.296 e. The van der Waals surface area contributed by atoms with Crippen LogP contribution in [0.2, 0.25) is 0 Å². The van der Waals surface area contributed by atoms with Crippen LogP contribution >= 0.6 is 0 Å². The van der Waals surface area contributed by atoms with Gasteiger partial charge in [-0.15, -0.1) is 10.2 Å². The Hall–Kier alpha value is -6.32. The van der Waals surface area contributed by atoms with Crippen molar-refractivity contribution < 1.29 is 36.2 Å². The molecule has 276 valence electrons. The van der Waals surface area contributed by atoms with E-state index in [1.807, 2.05) is 68.4 Å². The maximum Gasteiger partial charge on any atom is 0.296 e. The van der Waals surface area contributed by atoms with Gasteiger partial charge in [-0.1, -0.05) is 103 Å². The molecule has 0 unspecified atom stereocenters. The largest absolute Gasteiger partial charge is 0.505 e. The molecule has 0 spiro atoms. The summed E-state index contributed by atoms with van der Waals surface area (Å²) in [7, 11) is -9.51. The van der Waals surface area contributed by atoms with Crippen molar-refractivity contribution in [1.29, 1.82) is 0 Å². The third kappa shape index (κ3) is 7.43. The molecule has 55 heavy (non-hydrogen) atoms. The summed E-state index contributed by atoms with van der Waals surface area (Å²) < 4.78 is 68.9. The Morgan fingerprint density at radius 1 is 0.473 bits per heavy atom. The van der Waals surface area contributed by atoms with E-state index in [1.165, 1.54) is 12.1 Å². The van der Waals surface area contributed by atoms with E-state index in [9.17, 15) is 36.2 Å². The molecule has 0 amide bonds. The Kier molecular flexibility index (Phi) is 9.75. The first kappa shape index (κ1) is 37.0. The van der Waals surface area contributed by atoms with Crippen LogP contribution < -0.4 is 0 Å². The fourth-order valence-corrected chi connectivity index (χ4v) is 7.86. The fraction of sp³-hybridized carbons (Fsp3) is 0.0732. The third-order valence-electron chi connectivity index (χ3n) is 9.23. The number of phenols is 2. The summed E-state index contributed by atoms with van der Waals surface area (Å²) in [5.41, 5.74) is 4.18. The Balaban J connectivity index is 1.25. The molecule has 0 heterocycles. The van der Waals surface area contributed by atoms with Gasteiger partial charge in [0.25, 0.3) is 20.2 Å². The summed E-state index contributed by atoms with van der Waals surface area (Å²) in [4.78, 5) is -1.14. The lowest BCUT2D eigenvalue weighted by Crippen LogP contribution is -2.04. The van der Waals surface area contributed by atoms with Gasteiger partial charge in [0, 0.05) is 16.7 Å². The van der Waals surface area contributed by atoms with Crippen molar-refractivity contribution in [3.8, 4) is 11.5 Å². The highest BCUT2D eigenvalue weighted by Crippen LogP contribution is 2.44. The number of hydrogen-bond donors (Lipinski definition) is 4. The van der Waals surface area contributed by atoms with Crippen molar-refractivity contribution in [2.45, 2.75) is 29.6 Å². The molecule has 0 saturated carbocycles. The summed E-state index contributed by atoms with van der Waals surface area (Å²) in [5, 5.41) is 40.1. The number of azo groups is 2. The second-order valence-corrected chi connectivity index (χ2v) is 15.7. The molecule has 0 aliphatic heterocycles. The van der Waals surface area contributed by atoms with Crippen LogP contribution in [0.15, 0.2) is 158 Å². The van der Waals surface area contributed by atoms with Crippen molar-refractivity contribution in [1.82, 2.24) is 0 Å². The molecular formula is C41H32N4O8S2. The lowest BCUT2D eigenvalue weighted by Gasteiger charge is -2.20. The highest BCUT2D eigenvalue weighted by Gasteiger charge is 2.24. The van der Waals surface area contributed by atoms with Crippen molar-refractivity contribution in [3.63, 3.8) is 0 Å². The quantitative estimate of drug-likeness (QED) is 0.0631. The molecule has 7 aromatic rings. The first-order valence-electron chi connectivity index (χ1n) is 16.7. The molecule has 7 aromatic carbocycles. The van der Waals surface area contributed by atoms with Gasteiger partial charge < -0.3 is 10.2 Å². The van der Waals surface area contributed by atoms with E-state index >= 15 is 0 Å². The van der Waals surface area contributed by atoms with E-state index in [0.29, 0.717) is 44.0 Å². The molecule has 4 N–H and O–H groups in total. The summed E-state index contributed by atoms with van der Waals surface area (Å²) in [6, 6.07) is 36.4. The summed E-state index contributed by atoms with van der Waals surface area (Å²) in [6.45, 7) is 3.64. The molecule has 0 aromatic heterocycles. The molecule has 14 heteroatoms. The monoisotopic (exact) mass is 772 g/mol. The Labute approximate surface area is 316 Å². The van der Waals surface area contributed by atoms with Crippen molar-refractivity contribution in [3.05, 3.63) is 155 Å². The summed E-state index contributed by atoms with van der Waals surface area (Å²) >= 11 is 0. The number of fused-ring (bicyclic) bond motifs is 2. The van der Waals surface area contributed by atoms with E-state index in [1.54, 1.807) is 60.7 Å². The number of aromatic hydroxyl groups is 2. The average Bonchev–Trinajstić information content (AvgIpc) is 3.15. The second-order valence-electron chi connectivity index (χ2n) is 12.9. The van der Waals surface area contributed by atoms with Crippen LogP contribution in [0.25, 0.3) is 21.5 Å². The minimum absolute atomic E-state index is 0.276. The van der Waals surface area contributed by atoms with Crippen LogP contribution in [0.1, 0.15) is 33.7 Å². The normalized spacial score (nSPS) is 12.9. The van der Waals surface area contributed by atoms with Crippen molar-refractivity contribution in [2.75, 3.05) is 0 Å². The number of nitrogens with zero attached hydrogens (tertiary/aromatic N) is 4. The van der Waals surface area contributed by atoms with Gasteiger partial charge in [-0.2, -0.15) is 27.1 Å². The minimum atomic E-state index is -4.76. The highest BCUT2D eigenvalue weighted by atomic mass is 32.2. The lowest BCUT2D eigenvalue weighted by molar-refractivity contribution is 0.471. The van der Waals surface area contributed by atoms with E-state index in [0.717, 1.165) is 16.7 Å². The molecule has 0 aliphatic rings. The standard InChI is InChI=1S/C41H32N4O8S2/c1-24-20-29(16-18-33(24)42-44-38-35(54(48,49)50)22-27-12-6-8-14-31(27)40(38)46)37(26-10-4-3-5-11-26)30-17-19-34(25(2)21-30)43-45-39-36(55(51,52)53)23-28-13-7-9-15-32(28)41(39)47/h3-23,37,46-47H,1-2H3,(H,48,49,50)(H,51,52,53). The Morgan fingerprint density at radius 2 is 0.873 bits per heavy atom. The maximum absolute atomic E-state index is 12.3. The van der Waals surface area contributed by atoms with Gasteiger partial charge in [0.2, 0.25) is 0 Å². The predicted molar refractivity (Wildman–Crippen MR) is 209 cm³/mol. The van der Waals surface area contributed by atoms with Gasteiger partial charge >= 0.3 is 0 Å². The van der Waals surface area contributed by atoms with Crippen LogP contribution in [0, 0.1) is 13.8 Å². The van der Waals surface area contributed by atoms with Crippen LogP contribution in [0.3, 0.4) is 0 Å². The molecule has 0 aliphatic carbocycles.